The Morgan fingerprint density at radius 2 is 1.87 bits per heavy atom. The van der Waals surface area contributed by atoms with Gasteiger partial charge < -0.3 is 9.47 Å². The molecule has 0 aliphatic rings. The van der Waals surface area contributed by atoms with Crippen molar-refractivity contribution in [3.05, 3.63) is 6.42 Å². The fraction of sp³-hybridized carbons (Fsp3) is 0.923. The van der Waals surface area contributed by atoms with E-state index in [9.17, 15) is 0 Å². The molecule has 0 N–H and O–H groups in total. The Morgan fingerprint density at radius 3 is 2.53 bits per heavy atom. The molecule has 1 radical (unpaired) electrons. The van der Waals surface area contributed by atoms with E-state index in [4.69, 9.17) is 9.47 Å². The molecule has 0 aliphatic heterocycles. The predicted molar refractivity (Wildman–Crippen MR) is 65.0 cm³/mol. The lowest BCUT2D eigenvalue weighted by atomic mass is 10.2. The van der Waals surface area contributed by atoms with Crippen LogP contribution in [0.5, 0.6) is 0 Å². The first-order chi connectivity index (χ1) is 7.31. The summed E-state index contributed by atoms with van der Waals surface area (Å²) in [6, 6.07) is 0. The zero-order chi connectivity index (χ0) is 11.4. The Bertz CT molecular complexity index is 115. The molecule has 0 aromatic carbocycles. The van der Waals surface area contributed by atoms with Gasteiger partial charge in [0.25, 0.3) is 0 Å². The number of hydrogen-bond donors (Lipinski definition) is 0. The Hall–Kier alpha value is -0.0800. The van der Waals surface area contributed by atoms with Crippen molar-refractivity contribution in [1.82, 2.24) is 0 Å². The van der Waals surface area contributed by atoms with Crippen LogP contribution in [0.15, 0.2) is 0 Å². The quantitative estimate of drug-likeness (QED) is 0.490. The lowest BCUT2D eigenvalue weighted by Gasteiger charge is -2.12. The van der Waals surface area contributed by atoms with Gasteiger partial charge in [0.15, 0.2) is 0 Å². The smallest absolute Gasteiger partial charge is 0.0780 e. The molecule has 0 heterocycles. The third kappa shape index (κ3) is 11.8. The van der Waals surface area contributed by atoms with Gasteiger partial charge in [-0.25, -0.2) is 0 Å². The summed E-state index contributed by atoms with van der Waals surface area (Å²) in [4.78, 5) is 0. The van der Waals surface area contributed by atoms with Crippen molar-refractivity contribution in [1.29, 1.82) is 0 Å². The Morgan fingerprint density at radius 1 is 1.13 bits per heavy atom. The van der Waals surface area contributed by atoms with Crippen molar-refractivity contribution in [2.24, 2.45) is 0 Å². The molecular weight excluding hydrogens is 188 g/mol. The highest BCUT2D eigenvalue weighted by atomic mass is 16.5. The molecule has 0 amide bonds. The lowest BCUT2D eigenvalue weighted by molar-refractivity contribution is 0.000490. The van der Waals surface area contributed by atoms with Crippen molar-refractivity contribution in [2.75, 3.05) is 19.8 Å². The molecule has 2 heteroatoms. The van der Waals surface area contributed by atoms with Crippen molar-refractivity contribution in [2.45, 2.75) is 59.0 Å². The molecule has 0 aromatic heterocycles. The molecule has 0 fully saturated rings. The highest BCUT2D eigenvalue weighted by Crippen LogP contribution is 2.02. The van der Waals surface area contributed by atoms with Crippen LogP contribution in [0.25, 0.3) is 0 Å². The van der Waals surface area contributed by atoms with Crippen LogP contribution in [0.4, 0.5) is 0 Å². The molecule has 0 aromatic rings. The molecule has 0 spiro atoms. The number of ether oxygens (including phenoxy) is 2. The largest absolute Gasteiger partial charge is 0.379 e. The molecule has 1 atom stereocenters. The van der Waals surface area contributed by atoms with Gasteiger partial charge in [0.2, 0.25) is 0 Å². The normalized spacial score (nSPS) is 13.0. The van der Waals surface area contributed by atoms with E-state index < -0.39 is 0 Å². The van der Waals surface area contributed by atoms with E-state index in [1.54, 1.807) is 0 Å². The van der Waals surface area contributed by atoms with Gasteiger partial charge >= 0.3 is 0 Å². The standard InChI is InChI=1S/C13H27O2/c1-4-6-7-8-9-11-14-12-13(3)15-10-5-2/h5,13H,4,6-12H2,1-3H3. The summed E-state index contributed by atoms with van der Waals surface area (Å²) in [6.45, 7) is 8.62. The fourth-order valence-corrected chi connectivity index (χ4v) is 1.37. The van der Waals surface area contributed by atoms with Gasteiger partial charge in [-0.05, 0) is 19.8 Å². The van der Waals surface area contributed by atoms with E-state index in [0.29, 0.717) is 0 Å². The van der Waals surface area contributed by atoms with Gasteiger partial charge in [0, 0.05) is 13.2 Å². The second-order valence-corrected chi connectivity index (χ2v) is 4.04. The average molecular weight is 215 g/mol. The van der Waals surface area contributed by atoms with Crippen molar-refractivity contribution in [3.8, 4) is 0 Å². The summed E-state index contributed by atoms with van der Waals surface area (Å²) in [6.07, 6.45) is 8.72. The minimum absolute atomic E-state index is 0.219. The molecule has 0 rings (SSSR count). The molecule has 1 unspecified atom stereocenters. The highest BCUT2D eigenvalue weighted by Gasteiger charge is 2.00. The molecule has 15 heavy (non-hydrogen) atoms. The summed E-state index contributed by atoms with van der Waals surface area (Å²) in [5, 5.41) is 0. The van der Waals surface area contributed by atoms with Gasteiger partial charge in [-0.15, -0.1) is 0 Å². The number of rotatable bonds is 11. The number of unbranched alkanes of at least 4 members (excludes halogenated alkanes) is 4. The maximum atomic E-state index is 5.53. The van der Waals surface area contributed by atoms with Crippen LogP contribution in [0, 0.1) is 6.42 Å². The second kappa shape index (κ2) is 12.0. The fourth-order valence-electron chi connectivity index (χ4n) is 1.37. The van der Waals surface area contributed by atoms with E-state index in [0.717, 1.165) is 19.8 Å². The molecule has 91 valence electrons. The van der Waals surface area contributed by atoms with E-state index in [2.05, 4.69) is 13.8 Å². The molecular formula is C13H27O2. The molecule has 0 aliphatic carbocycles. The summed E-state index contributed by atoms with van der Waals surface area (Å²) in [5.74, 6) is 0. The van der Waals surface area contributed by atoms with Crippen LogP contribution in [-0.4, -0.2) is 25.9 Å². The van der Waals surface area contributed by atoms with Crippen molar-refractivity contribution in [3.63, 3.8) is 0 Å². The van der Waals surface area contributed by atoms with Gasteiger partial charge in [0.1, 0.15) is 0 Å². The van der Waals surface area contributed by atoms with Crippen LogP contribution in [0.3, 0.4) is 0 Å². The third-order valence-electron chi connectivity index (χ3n) is 2.29. The van der Waals surface area contributed by atoms with E-state index >= 15 is 0 Å². The van der Waals surface area contributed by atoms with Gasteiger partial charge in [0.05, 0.1) is 12.7 Å². The van der Waals surface area contributed by atoms with Crippen molar-refractivity contribution < 1.29 is 9.47 Å². The highest BCUT2D eigenvalue weighted by molar-refractivity contribution is 4.55. The number of hydrogen-bond acceptors (Lipinski definition) is 2. The molecule has 2 nitrogen and oxygen atoms in total. The van der Waals surface area contributed by atoms with Crippen LogP contribution in [0.1, 0.15) is 52.9 Å². The van der Waals surface area contributed by atoms with Gasteiger partial charge in [-0.2, -0.15) is 0 Å². The topological polar surface area (TPSA) is 18.5 Å². The van der Waals surface area contributed by atoms with Crippen LogP contribution >= 0.6 is 0 Å². The predicted octanol–water partition coefficient (Wildman–Crippen LogP) is 3.60. The third-order valence-corrected chi connectivity index (χ3v) is 2.29. The lowest BCUT2D eigenvalue weighted by Crippen LogP contribution is -2.17. The summed E-state index contributed by atoms with van der Waals surface area (Å²) in [7, 11) is 0. The van der Waals surface area contributed by atoms with E-state index in [1.807, 2.05) is 13.3 Å². The molecule has 0 bridgehead atoms. The Balaban J connectivity index is 3.02. The summed E-state index contributed by atoms with van der Waals surface area (Å²) >= 11 is 0. The van der Waals surface area contributed by atoms with Crippen LogP contribution in [0.2, 0.25) is 0 Å². The first kappa shape index (κ1) is 14.9. The van der Waals surface area contributed by atoms with Crippen molar-refractivity contribution >= 4 is 0 Å². The maximum Gasteiger partial charge on any atom is 0.0780 e. The van der Waals surface area contributed by atoms with Crippen LogP contribution < -0.4 is 0 Å². The Kier molecular flexibility index (Phi) is 11.9. The monoisotopic (exact) mass is 215 g/mol. The van der Waals surface area contributed by atoms with Gasteiger partial charge in [-0.1, -0.05) is 39.5 Å². The zero-order valence-corrected chi connectivity index (χ0v) is 10.6. The van der Waals surface area contributed by atoms with E-state index in [-0.39, 0.29) is 6.10 Å². The second-order valence-electron chi connectivity index (χ2n) is 4.04. The Labute approximate surface area is 95.3 Å². The zero-order valence-electron chi connectivity index (χ0n) is 10.6. The van der Waals surface area contributed by atoms with Crippen LogP contribution in [-0.2, 0) is 9.47 Å². The van der Waals surface area contributed by atoms with Gasteiger partial charge in [-0.3, -0.25) is 0 Å². The average Bonchev–Trinajstić information content (AvgIpc) is 2.25. The van der Waals surface area contributed by atoms with E-state index in [1.165, 1.54) is 32.1 Å². The summed E-state index contributed by atoms with van der Waals surface area (Å²) < 4.78 is 11.0. The minimum Gasteiger partial charge on any atom is -0.379 e. The molecule has 0 saturated carbocycles. The first-order valence-corrected chi connectivity index (χ1v) is 6.28. The first-order valence-electron chi connectivity index (χ1n) is 6.28. The minimum atomic E-state index is 0.219. The molecule has 0 saturated heterocycles. The SMILES string of the molecule is C[CH]COC(C)COCCCCCCC. The maximum absolute atomic E-state index is 5.53. The summed E-state index contributed by atoms with van der Waals surface area (Å²) in [5.41, 5.74) is 0.